The summed E-state index contributed by atoms with van der Waals surface area (Å²) in [6, 6.07) is 4.90. The molecule has 18 heavy (non-hydrogen) atoms. The van der Waals surface area contributed by atoms with E-state index in [0.717, 1.165) is 0 Å². The molecule has 0 aliphatic heterocycles. The van der Waals surface area contributed by atoms with E-state index in [1.165, 1.54) is 14.2 Å². The maximum Gasteiger partial charge on any atom is 0.251 e. The second-order valence-electron chi connectivity index (χ2n) is 4.56. The molecule has 0 heterocycles. The normalized spacial score (nSPS) is 10.9. The number of amides is 1. The summed E-state index contributed by atoms with van der Waals surface area (Å²) in [6.07, 6.45) is 0. The number of carbonyl (C=O) groups is 1. The van der Waals surface area contributed by atoms with Gasteiger partial charge in [0.2, 0.25) is 0 Å². The molecule has 0 bridgehead atoms. The van der Waals surface area contributed by atoms with Crippen molar-refractivity contribution in [3.8, 4) is 11.5 Å². The zero-order chi connectivity index (χ0) is 13.8. The molecule has 0 atom stereocenters. The molecule has 100 valence electrons. The van der Waals surface area contributed by atoms with E-state index in [-0.39, 0.29) is 12.5 Å². The molecule has 0 saturated carbocycles. The Morgan fingerprint density at radius 1 is 1.28 bits per heavy atom. The highest BCUT2D eigenvalue weighted by molar-refractivity contribution is 5.94. The van der Waals surface area contributed by atoms with Crippen molar-refractivity contribution in [3.63, 3.8) is 0 Å². The van der Waals surface area contributed by atoms with E-state index in [4.69, 9.17) is 9.47 Å². The minimum absolute atomic E-state index is 0.181. The van der Waals surface area contributed by atoms with Gasteiger partial charge in [0.05, 0.1) is 19.8 Å². The summed E-state index contributed by atoms with van der Waals surface area (Å²) in [4.78, 5) is 11.8. The molecule has 0 unspecified atom stereocenters. The van der Waals surface area contributed by atoms with Gasteiger partial charge in [-0.05, 0) is 32.0 Å². The Bertz CT molecular complexity index is 423. The smallest absolute Gasteiger partial charge is 0.251 e. The number of nitrogens with one attached hydrogen (secondary N) is 1. The van der Waals surface area contributed by atoms with Crippen molar-refractivity contribution in [2.24, 2.45) is 0 Å². The largest absolute Gasteiger partial charge is 0.493 e. The lowest BCUT2D eigenvalue weighted by Gasteiger charge is -2.17. The summed E-state index contributed by atoms with van der Waals surface area (Å²) in [6.45, 7) is 3.43. The average molecular weight is 253 g/mol. The van der Waals surface area contributed by atoms with Gasteiger partial charge < -0.3 is 19.9 Å². The van der Waals surface area contributed by atoms with Crippen LogP contribution in [0.1, 0.15) is 24.2 Å². The minimum Gasteiger partial charge on any atom is -0.493 e. The third-order valence-electron chi connectivity index (χ3n) is 2.33. The van der Waals surface area contributed by atoms with Gasteiger partial charge in [-0.25, -0.2) is 0 Å². The van der Waals surface area contributed by atoms with Crippen molar-refractivity contribution in [1.29, 1.82) is 0 Å². The van der Waals surface area contributed by atoms with E-state index >= 15 is 0 Å². The van der Waals surface area contributed by atoms with Crippen LogP contribution in [0.25, 0.3) is 0 Å². The van der Waals surface area contributed by atoms with Crippen molar-refractivity contribution >= 4 is 5.91 Å². The third-order valence-corrected chi connectivity index (χ3v) is 2.33. The summed E-state index contributed by atoms with van der Waals surface area (Å²) >= 11 is 0. The highest BCUT2D eigenvalue weighted by Gasteiger charge is 2.16. The van der Waals surface area contributed by atoms with Crippen LogP contribution >= 0.6 is 0 Å². The molecule has 0 aliphatic rings. The Labute approximate surface area is 107 Å². The lowest BCUT2D eigenvalue weighted by Crippen LogP contribution is -2.38. The molecular formula is C13H19NO4. The summed E-state index contributed by atoms with van der Waals surface area (Å²) in [7, 11) is 3.04. The lowest BCUT2D eigenvalue weighted by atomic mass is 10.1. The van der Waals surface area contributed by atoms with Gasteiger partial charge in [-0.15, -0.1) is 0 Å². The first kappa shape index (κ1) is 14.3. The quantitative estimate of drug-likeness (QED) is 0.827. The maximum atomic E-state index is 11.8. The molecule has 0 aliphatic carbocycles. The molecule has 0 saturated heterocycles. The maximum absolute atomic E-state index is 11.8. The zero-order valence-electron chi connectivity index (χ0n) is 11.1. The van der Waals surface area contributed by atoms with Crippen LogP contribution in [0.3, 0.4) is 0 Å². The molecule has 0 fully saturated rings. The molecule has 1 aromatic rings. The van der Waals surface area contributed by atoms with Crippen molar-refractivity contribution in [3.05, 3.63) is 23.8 Å². The first-order valence-electron chi connectivity index (χ1n) is 5.60. The van der Waals surface area contributed by atoms with Gasteiger partial charge in [0.1, 0.15) is 0 Å². The second-order valence-corrected chi connectivity index (χ2v) is 4.56. The zero-order valence-corrected chi connectivity index (χ0v) is 11.1. The van der Waals surface area contributed by atoms with Gasteiger partial charge in [-0.1, -0.05) is 0 Å². The number of carbonyl (C=O) groups excluding carboxylic acids is 1. The molecule has 2 N–H and O–H groups in total. The van der Waals surface area contributed by atoms with Gasteiger partial charge in [0.15, 0.2) is 11.5 Å². The molecule has 0 radical (unpaired) electrons. The first-order chi connectivity index (χ1) is 8.37. The van der Waals surface area contributed by atoms with Gasteiger partial charge in [-0.3, -0.25) is 4.79 Å². The first-order valence-corrected chi connectivity index (χ1v) is 5.60. The lowest BCUT2D eigenvalue weighted by molar-refractivity contribution is 0.0694. The fourth-order valence-corrected chi connectivity index (χ4v) is 1.38. The average Bonchev–Trinajstić information content (AvgIpc) is 2.34. The fraction of sp³-hybridized carbons (Fsp3) is 0.462. The van der Waals surface area contributed by atoms with E-state index in [1.807, 2.05) is 0 Å². The molecule has 0 aromatic heterocycles. The number of benzene rings is 1. The molecular weight excluding hydrogens is 234 g/mol. The number of ether oxygens (including phenoxy) is 2. The topological polar surface area (TPSA) is 67.8 Å². The Morgan fingerprint density at radius 2 is 1.89 bits per heavy atom. The Hall–Kier alpha value is -1.75. The number of rotatable bonds is 5. The Balaban J connectivity index is 2.80. The second kappa shape index (κ2) is 5.73. The number of hydrogen-bond donors (Lipinski definition) is 2. The van der Waals surface area contributed by atoms with E-state index in [9.17, 15) is 9.90 Å². The predicted molar refractivity (Wildman–Crippen MR) is 68.2 cm³/mol. The van der Waals surface area contributed by atoms with Crippen molar-refractivity contribution in [2.75, 3.05) is 20.8 Å². The van der Waals surface area contributed by atoms with Crippen LogP contribution in [0.4, 0.5) is 0 Å². The Morgan fingerprint density at radius 3 is 2.39 bits per heavy atom. The van der Waals surface area contributed by atoms with Crippen molar-refractivity contribution in [2.45, 2.75) is 19.4 Å². The number of hydrogen-bond acceptors (Lipinski definition) is 4. The van der Waals surface area contributed by atoms with Crippen molar-refractivity contribution in [1.82, 2.24) is 5.32 Å². The fourth-order valence-electron chi connectivity index (χ4n) is 1.38. The van der Waals surface area contributed by atoms with Gasteiger partial charge >= 0.3 is 0 Å². The SMILES string of the molecule is COc1ccc(C(=O)NCC(C)(C)O)cc1OC. The summed E-state index contributed by atoms with van der Waals surface area (Å²) in [5.74, 6) is 0.794. The van der Waals surface area contributed by atoms with Gasteiger partial charge in [-0.2, -0.15) is 0 Å². The van der Waals surface area contributed by atoms with Crippen LogP contribution in [-0.4, -0.2) is 37.4 Å². The van der Waals surface area contributed by atoms with E-state index in [1.54, 1.807) is 32.0 Å². The van der Waals surface area contributed by atoms with Crippen LogP contribution in [-0.2, 0) is 0 Å². The van der Waals surface area contributed by atoms with Crippen molar-refractivity contribution < 1.29 is 19.4 Å². The summed E-state index contributed by atoms with van der Waals surface area (Å²) < 4.78 is 10.2. The Kier molecular flexibility index (Phi) is 4.55. The number of methoxy groups -OCH3 is 2. The predicted octanol–water partition coefficient (Wildman–Crippen LogP) is 1.20. The molecule has 5 heteroatoms. The highest BCUT2D eigenvalue weighted by atomic mass is 16.5. The third kappa shape index (κ3) is 3.92. The van der Waals surface area contributed by atoms with E-state index < -0.39 is 5.60 Å². The van der Waals surface area contributed by atoms with E-state index in [0.29, 0.717) is 17.1 Å². The molecule has 1 aromatic carbocycles. The minimum atomic E-state index is -0.938. The van der Waals surface area contributed by atoms with Crippen LogP contribution in [0, 0.1) is 0 Å². The number of aliphatic hydroxyl groups is 1. The van der Waals surface area contributed by atoms with E-state index in [2.05, 4.69) is 5.32 Å². The molecule has 1 amide bonds. The highest BCUT2D eigenvalue weighted by Crippen LogP contribution is 2.27. The standard InChI is InChI=1S/C13H19NO4/c1-13(2,16)8-14-12(15)9-5-6-10(17-3)11(7-9)18-4/h5-7,16H,8H2,1-4H3,(H,14,15). The van der Waals surface area contributed by atoms with Crippen LogP contribution in [0.5, 0.6) is 11.5 Å². The molecule has 0 spiro atoms. The van der Waals surface area contributed by atoms with Crippen LogP contribution < -0.4 is 14.8 Å². The summed E-state index contributed by atoms with van der Waals surface area (Å²) in [5, 5.41) is 12.2. The molecule has 1 rings (SSSR count). The van der Waals surface area contributed by atoms with Gasteiger partial charge in [0.25, 0.3) is 5.91 Å². The van der Waals surface area contributed by atoms with Crippen LogP contribution in [0.15, 0.2) is 18.2 Å². The molecule has 5 nitrogen and oxygen atoms in total. The van der Waals surface area contributed by atoms with Crippen LogP contribution in [0.2, 0.25) is 0 Å². The van der Waals surface area contributed by atoms with Gasteiger partial charge in [0, 0.05) is 12.1 Å². The summed E-state index contributed by atoms with van der Waals surface area (Å²) in [5.41, 5.74) is -0.483. The monoisotopic (exact) mass is 253 g/mol.